The molecule has 9 heteroatoms. The number of hydrogen-bond acceptors (Lipinski definition) is 6. The number of carbonyl (C=O) groups excluding carboxylic acids is 2. The maximum atomic E-state index is 12.6. The van der Waals surface area contributed by atoms with Gasteiger partial charge >= 0.3 is 0 Å². The van der Waals surface area contributed by atoms with Crippen LogP contribution in [0, 0.1) is 0 Å². The zero-order chi connectivity index (χ0) is 17.3. The van der Waals surface area contributed by atoms with E-state index in [9.17, 15) is 9.59 Å². The highest BCUT2D eigenvalue weighted by atomic mass is 32.1. The number of nitrogens with zero attached hydrogens (tertiary/aromatic N) is 3. The predicted molar refractivity (Wildman–Crippen MR) is 87.9 cm³/mol. The Labute approximate surface area is 143 Å². The maximum absolute atomic E-state index is 12.6. The van der Waals surface area contributed by atoms with Gasteiger partial charge in [0.1, 0.15) is 6.10 Å². The molecule has 0 aromatic carbocycles. The van der Waals surface area contributed by atoms with Gasteiger partial charge in [-0.2, -0.15) is 5.10 Å². The second-order valence-electron chi connectivity index (χ2n) is 5.91. The summed E-state index contributed by atoms with van der Waals surface area (Å²) in [4.78, 5) is 30.4. The number of H-pyrrole nitrogens is 1. The molecule has 1 saturated heterocycles. The largest absolute Gasteiger partial charge is 0.367 e. The number of ether oxygens (including phenoxy) is 1. The number of hydrogen-bond donors (Lipinski definition) is 2. The topological polar surface area (TPSA) is 114 Å². The Hall–Kier alpha value is -2.26. The van der Waals surface area contributed by atoms with Gasteiger partial charge in [0.05, 0.1) is 23.6 Å². The SMILES string of the molecule is CC(C)c1n[nH]c([C@@H]2CN(C(=O)c3cc(C(N)=O)cs3)CCO2)n1. The average molecular weight is 349 g/mol. The molecule has 1 atom stereocenters. The predicted octanol–water partition coefficient (Wildman–Crippen LogP) is 1.30. The van der Waals surface area contributed by atoms with Crippen LogP contribution in [-0.2, 0) is 4.74 Å². The normalized spacial score (nSPS) is 18.1. The van der Waals surface area contributed by atoms with Crippen LogP contribution in [0.5, 0.6) is 0 Å². The van der Waals surface area contributed by atoms with Gasteiger partial charge in [0, 0.05) is 17.8 Å². The highest BCUT2D eigenvalue weighted by molar-refractivity contribution is 7.12. The third-order valence-electron chi connectivity index (χ3n) is 3.79. The lowest BCUT2D eigenvalue weighted by atomic mass is 10.2. The lowest BCUT2D eigenvalue weighted by Gasteiger charge is -2.31. The Bertz CT molecular complexity index is 754. The molecule has 2 amide bonds. The molecule has 3 N–H and O–H groups in total. The van der Waals surface area contributed by atoms with E-state index in [4.69, 9.17) is 10.5 Å². The fourth-order valence-electron chi connectivity index (χ4n) is 2.42. The summed E-state index contributed by atoms with van der Waals surface area (Å²) in [5.74, 6) is 0.897. The van der Waals surface area contributed by atoms with Crippen molar-refractivity contribution in [2.75, 3.05) is 19.7 Å². The molecule has 24 heavy (non-hydrogen) atoms. The van der Waals surface area contributed by atoms with E-state index >= 15 is 0 Å². The van der Waals surface area contributed by atoms with Gasteiger partial charge < -0.3 is 15.4 Å². The van der Waals surface area contributed by atoms with Gasteiger partial charge in [-0.05, 0) is 6.07 Å². The highest BCUT2D eigenvalue weighted by Crippen LogP contribution is 2.23. The van der Waals surface area contributed by atoms with Crippen molar-refractivity contribution in [1.82, 2.24) is 20.1 Å². The Morgan fingerprint density at radius 3 is 2.92 bits per heavy atom. The van der Waals surface area contributed by atoms with E-state index in [1.165, 1.54) is 17.4 Å². The lowest BCUT2D eigenvalue weighted by Crippen LogP contribution is -2.42. The van der Waals surface area contributed by atoms with Gasteiger partial charge in [0.25, 0.3) is 5.91 Å². The van der Waals surface area contributed by atoms with Crippen molar-refractivity contribution in [2.24, 2.45) is 5.73 Å². The van der Waals surface area contributed by atoms with Crippen molar-refractivity contribution < 1.29 is 14.3 Å². The fraction of sp³-hybridized carbons (Fsp3) is 0.467. The van der Waals surface area contributed by atoms with E-state index in [-0.39, 0.29) is 17.9 Å². The Balaban J connectivity index is 1.72. The molecule has 0 unspecified atom stereocenters. The first-order valence-electron chi connectivity index (χ1n) is 7.67. The van der Waals surface area contributed by atoms with Crippen LogP contribution in [0.4, 0.5) is 0 Å². The minimum absolute atomic E-state index is 0.135. The summed E-state index contributed by atoms with van der Waals surface area (Å²) in [6, 6.07) is 1.53. The minimum Gasteiger partial charge on any atom is -0.367 e. The van der Waals surface area contributed by atoms with Gasteiger partial charge in [-0.25, -0.2) is 4.98 Å². The van der Waals surface area contributed by atoms with Gasteiger partial charge in [-0.3, -0.25) is 14.7 Å². The van der Waals surface area contributed by atoms with Crippen molar-refractivity contribution in [2.45, 2.75) is 25.9 Å². The zero-order valence-electron chi connectivity index (χ0n) is 13.5. The third kappa shape index (κ3) is 3.31. The number of nitrogens with one attached hydrogen (secondary N) is 1. The molecule has 3 rings (SSSR count). The minimum atomic E-state index is -0.534. The van der Waals surface area contributed by atoms with E-state index in [0.717, 1.165) is 5.82 Å². The number of aromatic amines is 1. The number of aromatic nitrogens is 3. The third-order valence-corrected chi connectivity index (χ3v) is 4.71. The monoisotopic (exact) mass is 349 g/mol. The summed E-state index contributed by atoms with van der Waals surface area (Å²) < 4.78 is 5.72. The molecule has 1 fully saturated rings. The number of morpholine rings is 1. The van der Waals surface area contributed by atoms with E-state index in [0.29, 0.717) is 36.0 Å². The number of nitrogens with two attached hydrogens (primary N) is 1. The zero-order valence-corrected chi connectivity index (χ0v) is 14.3. The summed E-state index contributed by atoms with van der Waals surface area (Å²) >= 11 is 1.22. The summed E-state index contributed by atoms with van der Waals surface area (Å²) in [5.41, 5.74) is 5.59. The van der Waals surface area contributed by atoms with E-state index in [1.807, 2.05) is 13.8 Å². The Morgan fingerprint density at radius 1 is 1.50 bits per heavy atom. The number of thiophene rings is 1. The molecular formula is C15H19N5O3S. The van der Waals surface area contributed by atoms with Gasteiger partial charge in [-0.15, -0.1) is 11.3 Å². The lowest BCUT2D eigenvalue weighted by molar-refractivity contribution is -0.0265. The molecule has 1 aliphatic heterocycles. The Morgan fingerprint density at radius 2 is 2.29 bits per heavy atom. The average Bonchev–Trinajstić information content (AvgIpc) is 3.24. The first kappa shape index (κ1) is 16.6. The van der Waals surface area contributed by atoms with Crippen molar-refractivity contribution in [3.05, 3.63) is 33.5 Å². The van der Waals surface area contributed by atoms with Crippen LogP contribution in [0.3, 0.4) is 0 Å². The van der Waals surface area contributed by atoms with Gasteiger partial charge in [0.2, 0.25) is 5.91 Å². The Kier molecular flexibility index (Phi) is 4.63. The molecular weight excluding hydrogens is 330 g/mol. The van der Waals surface area contributed by atoms with Crippen molar-refractivity contribution in [1.29, 1.82) is 0 Å². The number of carbonyl (C=O) groups is 2. The van der Waals surface area contributed by atoms with Crippen LogP contribution < -0.4 is 5.73 Å². The van der Waals surface area contributed by atoms with E-state index < -0.39 is 5.91 Å². The van der Waals surface area contributed by atoms with E-state index in [2.05, 4.69) is 15.2 Å². The van der Waals surface area contributed by atoms with Gasteiger partial charge in [0.15, 0.2) is 11.6 Å². The molecule has 0 bridgehead atoms. The smallest absolute Gasteiger partial charge is 0.264 e. The molecule has 0 saturated carbocycles. The van der Waals surface area contributed by atoms with Crippen molar-refractivity contribution >= 4 is 23.2 Å². The molecule has 128 valence electrons. The summed E-state index contributed by atoms with van der Waals surface area (Å²) in [7, 11) is 0. The first-order valence-corrected chi connectivity index (χ1v) is 8.55. The van der Waals surface area contributed by atoms with Crippen LogP contribution in [0.1, 0.15) is 57.5 Å². The molecule has 2 aromatic heterocycles. The number of primary amides is 1. The molecule has 0 aliphatic carbocycles. The van der Waals surface area contributed by atoms with Crippen LogP contribution in [0.15, 0.2) is 11.4 Å². The standard InChI is InChI=1S/C15H19N5O3S/c1-8(2)13-17-14(19-18-13)10-6-20(3-4-23-10)15(22)11-5-9(7-24-11)12(16)21/h5,7-8,10H,3-4,6H2,1-2H3,(H2,16,21)(H,17,18,19)/t10-/m0/s1. The number of amides is 2. The number of rotatable bonds is 4. The second-order valence-corrected chi connectivity index (χ2v) is 6.82. The summed E-state index contributed by atoms with van der Waals surface area (Å²) in [5, 5.41) is 8.66. The molecule has 1 aliphatic rings. The molecule has 3 heterocycles. The summed E-state index contributed by atoms with van der Waals surface area (Å²) in [6.45, 7) is 5.32. The molecule has 2 aromatic rings. The quantitative estimate of drug-likeness (QED) is 0.863. The summed E-state index contributed by atoms with van der Waals surface area (Å²) in [6.07, 6.45) is -0.335. The van der Waals surface area contributed by atoms with Crippen LogP contribution >= 0.6 is 11.3 Å². The van der Waals surface area contributed by atoms with Crippen molar-refractivity contribution in [3.63, 3.8) is 0 Å². The van der Waals surface area contributed by atoms with Crippen LogP contribution in [0.2, 0.25) is 0 Å². The first-order chi connectivity index (χ1) is 11.5. The molecule has 8 nitrogen and oxygen atoms in total. The van der Waals surface area contributed by atoms with Crippen molar-refractivity contribution in [3.8, 4) is 0 Å². The molecule has 0 spiro atoms. The maximum Gasteiger partial charge on any atom is 0.264 e. The van der Waals surface area contributed by atoms with Crippen LogP contribution in [-0.4, -0.2) is 51.6 Å². The highest BCUT2D eigenvalue weighted by Gasteiger charge is 2.29. The van der Waals surface area contributed by atoms with E-state index in [1.54, 1.807) is 10.3 Å². The van der Waals surface area contributed by atoms with Crippen LogP contribution in [0.25, 0.3) is 0 Å². The fourth-order valence-corrected chi connectivity index (χ4v) is 3.29. The van der Waals surface area contributed by atoms with Gasteiger partial charge in [-0.1, -0.05) is 13.8 Å². The second kappa shape index (κ2) is 6.70. The molecule has 0 radical (unpaired) electrons.